The van der Waals surface area contributed by atoms with Crippen LogP contribution < -0.4 is 5.73 Å². The summed E-state index contributed by atoms with van der Waals surface area (Å²) in [6.07, 6.45) is 2.90. The second kappa shape index (κ2) is 8.86. The lowest BCUT2D eigenvalue weighted by Crippen LogP contribution is -2.41. The maximum atomic E-state index is 13.8. The largest absolute Gasteiger partial charge is 0.368 e. The molecule has 3 rings (SSSR count). The molecule has 2 N–H and O–H groups in total. The maximum absolute atomic E-state index is 13.8. The average molecular weight is 452 g/mol. The average Bonchev–Trinajstić information content (AvgIpc) is 2.67. The van der Waals surface area contributed by atoms with Crippen molar-refractivity contribution in [3.05, 3.63) is 94.8 Å². The molecule has 0 spiro atoms. The molecular formula is C20H16ClF2N3O3S. The first-order valence-corrected chi connectivity index (χ1v) is 10.4. The molecule has 0 saturated heterocycles. The molecule has 0 aliphatic rings. The van der Waals surface area contributed by atoms with Crippen molar-refractivity contribution >= 4 is 27.5 Å². The molecule has 1 atom stereocenters. The highest BCUT2D eigenvalue weighted by molar-refractivity contribution is 7.89. The molecule has 1 aromatic heterocycles. The lowest BCUT2D eigenvalue weighted by molar-refractivity contribution is -0.122. The number of rotatable bonds is 7. The zero-order chi connectivity index (χ0) is 21.9. The van der Waals surface area contributed by atoms with Gasteiger partial charge in [-0.3, -0.25) is 9.78 Å². The molecule has 0 aliphatic carbocycles. The highest BCUT2D eigenvalue weighted by Gasteiger charge is 2.36. The number of primary amides is 1. The molecule has 0 fully saturated rings. The Kier molecular flexibility index (Phi) is 6.45. The SMILES string of the molecule is NC(=O)C(c1cc(F)cc(F)c1)N(Cc1ccncc1)S(=O)(=O)c1ccc(Cl)cc1. The molecule has 1 heterocycles. The number of benzene rings is 2. The van der Waals surface area contributed by atoms with E-state index in [1.54, 1.807) is 12.1 Å². The van der Waals surface area contributed by atoms with Crippen LogP contribution in [0, 0.1) is 11.6 Å². The van der Waals surface area contributed by atoms with E-state index < -0.39 is 33.6 Å². The third-order valence-corrected chi connectivity index (χ3v) is 6.34. The second-order valence-electron chi connectivity index (χ2n) is 6.37. The fourth-order valence-electron chi connectivity index (χ4n) is 2.93. The molecule has 0 radical (unpaired) electrons. The number of aromatic nitrogens is 1. The first-order chi connectivity index (χ1) is 14.2. The standard InChI is InChI=1S/C20H16ClF2N3O3S/c21-15-1-3-18(4-2-15)30(28,29)26(12-13-5-7-25-8-6-13)19(20(24)27)14-9-16(22)11-17(23)10-14/h1-11,19H,12H2,(H2,24,27). The summed E-state index contributed by atoms with van der Waals surface area (Å²) >= 11 is 5.84. The van der Waals surface area contributed by atoms with E-state index in [9.17, 15) is 22.0 Å². The van der Waals surface area contributed by atoms with E-state index in [-0.39, 0.29) is 17.0 Å². The molecule has 1 unspecified atom stereocenters. The fourth-order valence-corrected chi connectivity index (χ4v) is 4.63. The van der Waals surface area contributed by atoms with Gasteiger partial charge in [-0.2, -0.15) is 4.31 Å². The van der Waals surface area contributed by atoms with Crippen LogP contribution in [0.4, 0.5) is 8.78 Å². The Balaban J connectivity index is 2.18. The van der Waals surface area contributed by atoms with Crippen LogP contribution in [0.15, 0.2) is 71.9 Å². The Morgan fingerprint density at radius 2 is 1.60 bits per heavy atom. The Bertz CT molecular complexity index is 1140. The van der Waals surface area contributed by atoms with Crippen LogP contribution in [-0.2, 0) is 21.4 Å². The van der Waals surface area contributed by atoms with Gasteiger partial charge in [0.2, 0.25) is 15.9 Å². The summed E-state index contributed by atoms with van der Waals surface area (Å²) in [7, 11) is -4.33. The van der Waals surface area contributed by atoms with Crippen molar-refractivity contribution in [3.63, 3.8) is 0 Å². The van der Waals surface area contributed by atoms with E-state index in [0.29, 0.717) is 16.7 Å². The Morgan fingerprint density at radius 3 is 2.13 bits per heavy atom. The first-order valence-electron chi connectivity index (χ1n) is 8.60. The van der Waals surface area contributed by atoms with E-state index in [1.807, 2.05) is 0 Å². The van der Waals surface area contributed by atoms with Crippen LogP contribution in [0.3, 0.4) is 0 Å². The van der Waals surface area contributed by atoms with Crippen molar-refractivity contribution in [2.45, 2.75) is 17.5 Å². The van der Waals surface area contributed by atoms with Crippen molar-refractivity contribution in [3.8, 4) is 0 Å². The second-order valence-corrected chi connectivity index (χ2v) is 8.69. The van der Waals surface area contributed by atoms with E-state index in [1.165, 1.54) is 36.7 Å². The fraction of sp³-hybridized carbons (Fsp3) is 0.100. The minimum Gasteiger partial charge on any atom is -0.368 e. The van der Waals surface area contributed by atoms with Crippen molar-refractivity contribution in [1.82, 2.24) is 9.29 Å². The number of carbonyl (C=O) groups excluding carboxylic acids is 1. The van der Waals surface area contributed by atoms with Crippen molar-refractivity contribution in [2.24, 2.45) is 5.73 Å². The van der Waals surface area contributed by atoms with Gasteiger partial charge in [-0.1, -0.05) is 11.6 Å². The number of amides is 1. The predicted octanol–water partition coefficient (Wildman–Crippen LogP) is 3.43. The van der Waals surface area contributed by atoms with Crippen LogP contribution in [0.25, 0.3) is 0 Å². The van der Waals surface area contributed by atoms with Gasteiger partial charge in [-0.15, -0.1) is 0 Å². The maximum Gasteiger partial charge on any atom is 0.244 e. The number of nitrogens with zero attached hydrogens (tertiary/aromatic N) is 2. The minimum absolute atomic E-state index is 0.163. The van der Waals surface area contributed by atoms with Crippen molar-refractivity contribution < 1.29 is 22.0 Å². The predicted molar refractivity (Wildman–Crippen MR) is 107 cm³/mol. The van der Waals surface area contributed by atoms with Gasteiger partial charge >= 0.3 is 0 Å². The summed E-state index contributed by atoms with van der Waals surface area (Å²) in [5.74, 6) is -3.03. The van der Waals surface area contributed by atoms with Crippen LogP contribution in [-0.4, -0.2) is 23.6 Å². The van der Waals surface area contributed by atoms with E-state index in [4.69, 9.17) is 17.3 Å². The molecule has 0 aliphatic heterocycles. The summed E-state index contributed by atoms with van der Waals surface area (Å²) in [4.78, 5) is 16.0. The van der Waals surface area contributed by atoms with Crippen LogP contribution in [0.1, 0.15) is 17.2 Å². The number of halogens is 3. The number of pyridine rings is 1. The summed E-state index contributed by atoms with van der Waals surface area (Å²) in [6, 6.07) is 9.07. The minimum atomic E-state index is -4.33. The zero-order valence-electron chi connectivity index (χ0n) is 15.4. The van der Waals surface area contributed by atoms with Crippen LogP contribution in [0.2, 0.25) is 5.02 Å². The van der Waals surface area contributed by atoms with Gasteiger partial charge in [0.1, 0.15) is 17.7 Å². The monoisotopic (exact) mass is 451 g/mol. The van der Waals surface area contributed by atoms with Gasteiger partial charge < -0.3 is 5.73 Å². The van der Waals surface area contributed by atoms with Crippen LogP contribution in [0.5, 0.6) is 0 Å². The van der Waals surface area contributed by atoms with Crippen LogP contribution >= 0.6 is 11.6 Å². The number of hydrogen-bond donors (Lipinski definition) is 1. The third kappa shape index (κ3) is 4.81. The quantitative estimate of drug-likeness (QED) is 0.595. The normalized spacial score (nSPS) is 12.7. The highest BCUT2D eigenvalue weighted by atomic mass is 35.5. The van der Waals surface area contributed by atoms with E-state index >= 15 is 0 Å². The topological polar surface area (TPSA) is 93.4 Å². The molecule has 1 amide bonds. The highest BCUT2D eigenvalue weighted by Crippen LogP contribution is 2.31. The molecular weight excluding hydrogens is 436 g/mol. The molecule has 3 aromatic rings. The Hall–Kier alpha value is -2.88. The van der Waals surface area contributed by atoms with Gasteiger partial charge in [-0.05, 0) is 59.7 Å². The van der Waals surface area contributed by atoms with E-state index in [2.05, 4.69) is 4.98 Å². The summed E-state index contributed by atoms with van der Waals surface area (Å²) in [5, 5.41) is 0.313. The first kappa shape index (κ1) is 21.8. The molecule has 0 bridgehead atoms. The molecule has 6 nitrogen and oxygen atoms in total. The summed E-state index contributed by atoms with van der Waals surface area (Å²) in [5.41, 5.74) is 5.76. The van der Waals surface area contributed by atoms with Gasteiger partial charge in [0.05, 0.1) is 4.90 Å². The molecule has 30 heavy (non-hydrogen) atoms. The summed E-state index contributed by atoms with van der Waals surface area (Å²) in [6.45, 7) is -0.292. The molecule has 2 aromatic carbocycles. The molecule has 10 heteroatoms. The van der Waals surface area contributed by atoms with Gasteiger partial charge in [0.15, 0.2) is 0 Å². The Morgan fingerprint density at radius 1 is 1.03 bits per heavy atom. The number of hydrogen-bond acceptors (Lipinski definition) is 4. The van der Waals surface area contributed by atoms with Gasteiger partial charge in [-0.25, -0.2) is 17.2 Å². The number of nitrogens with two attached hydrogens (primary N) is 1. The lowest BCUT2D eigenvalue weighted by atomic mass is 10.1. The molecule has 0 saturated carbocycles. The summed E-state index contributed by atoms with van der Waals surface area (Å²) < 4.78 is 55.3. The van der Waals surface area contributed by atoms with Crippen molar-refractivity contribution in [1.29, 1.82) is 0 Å². The molecule has 156 valence electrons. The lowest BCUT2D eigenvalue weighted by Gasteiger charge is -2.29. The Labute approximate surface area is 177 Å². The third-order valence-electron chi connectivity index (χ3n) is 4.27. The van der Waals surface area contributed by atoms with Crippen molar-refractivity contribution in [2.75, 3.05) is 0 Å². The number of sulfonamides is 1. The van der Waals surface area contributed by atoms with E-state index in [0.717, 1.165) is 16.4 Å². The smallest absolute Gasteiger partial charge is 0.244 e. The number of carbonyl (C=O) groups is 1. The zero-order valence-corrected chi connectivity index (χ0v) is 16.9. The van der Waals surface area contributed by atoms with Gasteiger partial charge in [0, 0.05) is 30.0 Å². The van der Waals surface area contributed by atoms with Gasteiger partial charge in [0.25, 0.3) is 0 Å².